The van der Waals surface area contributed by atoms with Crippen LogP contribution in [0.4, 0.5) is 5.82 Å². The van der Waals surface area contributed by atoms with E-state index in [-0.39, 0.29) is 17.3 Å². The zero-order chi connectivity index (χ0) is 14.7. The first kappa shape index (κ1) is 14.7. The van der Waals surface area contributed by atoms with E-state index in [4.69, 9.17) is 16.7 Å². The first-order chi connectivity index (χ1) is 9.47. The lowest BCUT2D eigenvalue weighted by molar-refractivity contribution is 0.0696. The highest BCUT2D eigenvalue weighted by atomic mass is 127. The fourth-order valence-corrected chi connectivity index (χ4v) is 2.20. The molecular weight excluding hydrogens is 395 g/mol. The number of aromatic carboxylic acids is 1. The third kappa shape index (κ3) is 3.45. The van der Waals surface area contributed by atoms with Gasteiger partial charge < -0.3 is 10.4 Å². The van der Waals surface area contributed by atoms with Gasteiger partial charge >= 0.3 is 5.97 Å². The monoisotopic (exact) mass is 402 g/mol. The molecule has 0 aliphatic heterocycles. The Balaban J connectivity index is 2.19. The highest BCUT2D eigenvalue weighted by molar-refractivity contribution is 14.1. The van der Waals surface area contributed by atoms with Crippen LogP contribution in [0.5, 0.6) is 0 Å². The van der Waals surface area contributed by atoms with Crippen molar-refractivity contribution in [2.24, 2.45) is 0 Å². The number of amides is 1. The lowest BCUT2D eigenvalue weighted by atomic mass is 10.2. The Bertz CT molecular complexity index is 674. The first-order valence-corrected chi connectivity index (χ1v) is 6.89. The number of carbonyl (C=O) groups excluding carboxylic acids is 1. The minimum Gasteiger partial charge on any atom is -0.478 e. The Hall–Kier alpha value is -1.67. The van der Waals surface area contributed by atoms with Crippen LogP contribution in [0.3, 0.4) is 0 Å². The second-order valence-corrected chi connectivity index (χ2v) is 5.41. The van der Waals surface area contributed by atoms with Gasteiger partial charge in [-0.2, -0.15) is 0 Å². The maximum atomic E-state index is 12.1. The van der Waals surface area contributed by atoms with Crippen LogP contribution in [0.1, 0.15) is 20.7 Å². The minimum atomic E-state index is -1.07. The summed E-state index contributed by atoms with van der Waals surface area (Å²) in [7, 11) is 0. The molecule has 0 aliphatic carbocycles. The largest absolute Gasteiger partial charge is 0.478 e. The van der Waals surface area contributed by atoms with E-state index in [2.05, 4.69) is 10.3 Å². The Morgan fingerprint density at radius 3 is 2.60 bits per heavy atom. The van der Waals surface area contributed by atoms with Crippen LogP contribution < -0.4 is 5.32 Å². The standard InChI is InChI=1S/C13H8ClIN2O3/c14-8-2-3-10(15)9(5-8)12(18)17-11-4-1-7(6-16-11)13(19)20/h1-6H,(H,19,20)(H,16,17,18). The van der Waals surface area contributed by atoms with Crippen LogP contribution >= 0.6 is 34.2 Å². The third-order valence-electron chi connectivity index (χ3n) is 2.43. The number of pyridine rings is 1. The van der Waals surface area contributed by atoms with Crippen molar-refractivity contribution in [2.75, 3.05) is 5.32 Å². The average molecular weight is 403 g/mol. The molecule has 0 unspecified atom stereocenters. The Kier molecular flexibility index (Phi) is 4.56. The second-order valence-electron chi connectivity index (χ2n) is 3.82. The molecular formula is C13H8ClIN2O3. The number of hydrogen-bond donors (Lipinski definition) is 2. The van der Waals surface area contributed by atoms with Gasteiger partial charge in [0.1, 0.15) is 5.82 Å². The zero-order valence-electron chi connectivity index (χ0n) is 9.93. The van der Waals surface area contributed by atoms with Gasteiger partial charge in [-0.1, -0.05) is 11.6 Å². The van der Waals surface area contributed by atoms with Gasteiger partial charge in [0.15, 0.2) is 0 Å². The van der Waals surface area contributed by atoms with Crippen molar-refractivity contribution in [1.82, 2.24) is 4.98 Å². The third-order valence-corrected chi connectivity index (χ3v) is 3.60. The SMILES string of the molecule is O=C(O)c1ccc(NC(=O)c2cc(Cl)ccc2I)nc1. The predicted molar refractivity (Wildman–Crippen MR) is 83.3 cm³/mol. The number of halogens is 2. The smallest absolute Gasteiger partial charge is 0.337 e. The van der Waals surface area contributed by atoms with E-state index in [0.29, 0.717) is 10.6 Å². The zero-order valence-corrected chi connectivity index (χ0v) is 12.8. The molecule has 7 heteroatoms. The molecule has 0 aliphatic rings. The fraction of sp³-hybridized carbons (Fsp3) is 0. The van der Waals surface area contributed by atoms with E-state index < -0.39 is 5.97 Å². The van der Waals surface area contributed by atoms with E-state index in [1.807, 2.05) is 22.6 Å². The number of carboxylic acid groups (broad SMARTS) is 1. The van der Waals surface area contributed by atoms with Crippen molar-refractivity contribution < 1.29 is 14.7 Å². The maximum Gasteiger partial charge on any atom is 0.337 e. The summed E-state index contributed by atoms with van der Waals surface area (Å²) in [6, 6.07) is 7.79. The highest BCUT2D eigenvalue weighted by Gasteiger charge is 2.12. The van der Waals surface area contributed by atoms with Gasteiger partial charge in [-0.05, 0) is 52.9 Å². The van der Waals surface area contributed by atoms with Crippen LogP contribution in [0.15, 0.2) is 36.5 Å². The highest BCUT2D eigenvalue weighted by Crippen LogP contribution is 2.19. The molecule has 2 aromatic rings. The Morgan fingerprint density at radius 1 is 1.25 bits per heavy atom. The number of benzene rings is 1. The molecule has 0 spiro atoms. The first-order valence-electron chi connectivity index (χ1n) is 5.43. The summed E-state index contributed by atoms with van der Waals surface area (Å²) >= 11 is 7.89. The van der Waals surface area contributed by atoms with Crippen LogP contribution in [0.25, 0.3) is 0 Å². The normalized spacial score (nSPS) is 10.1. The minimum absolute atomic E-state index is 0.0559. The van der Waals surface area contributed by atoms with Crippen LogP contribution in [-0.4, -0.2) is 22.0 Å². The molecule has 1 aromatic heterocycles. The van der Waals surface area contributed by atoms with Gasteiger partial charge in [-0.15, -0.1) is 0 Å². The van der Waals surface area contributed by atoms with Crippen molar-refractivity contribution in [3.8, 4) is 0 Å². The van der Waals surface area contributed by atoms with Crippen molar-refractivity contribution >= 4 is 51.9 Å². The van der Waals surface area contributed by atoms with Crippen LogP contribution in [0, 0.1) is 3.57 Å². The van der Waals surface area contributed by atoms with Crippen molar-refractivity contribution in [1.29, 1.82) is 0 Å². The van der Waals surface area contributed by atoms with Crippen molar-refractivity contribution in [3.63, 3.8) is 0 Å². The molecule has 102 valence electrons. The molecule has 1 amide bonds. The summed E-state index contributed by atoms with van der Waals surface area (Å²) in [4.78, 5) is 26.6. The molecule has 2 rings (SSSR count). The van der Waals surface area contributed by atoms with Crippen LogP contribution in [0.2, 0.25) is 5.02 Å². The summed E-state index contributed by atoms with van der Waals surface area (Å²) in [6.07, 6.45) is 1.18. The Labute approximate surface area is 133 Å². The molecule has 1 heterocycles. The quantitative estimate of drug-likeness (QED) is 0.772. The number of aromatic nitrogens is 1. The number of carbonyl (C=O) groups is 2. The topological polar surface area (TPSA) is 79.3 Å². The van der Waals surface area contributed by atoms with Gasteiger partial charge in [0.2, 0.25) is 0 Å². The molecule has 0 fully saturated rings. The molecule has 20 heavy (non-hydrogen) atoms. The predicted octanol–water partition coefficient (Wildman–Crippen LogP) is 3.29. The molecule has 0 radical (unpaired) electrons. The number of hydrogen-bond acceptors (Lipinski definition) is 3. The van der Waals surface area contributed by atoms with E-state index in [0.717, 1.165) is 3.57 Å². The maximum absolute atomic E-state index is 12.1. The molecule has 0 saturated heterocycles. The number of anilines is 1. The van der Waals surface area contributed by atoms with Crippen molar-refractivity contribution in [2.45, 2.75) is 0 Å². The lowest BCUT2D eigenvalue weighted by Gasteiger charge is -2.07. The van der Waals surface area contributed by atoms with E-state index in [1.54, 1.807) is 18.2 Å². The van der Waals surface area contributed by atoms with Gasteiger partial charge in [-0.25, -0.2) is 9.78 Å². The number of nitrogens with one attached hydrogen (secondary N) is 1. The molecule has 0 saturated carbocycles. The van der Waals surface area contributed by atoms with Gasteiger partial charge in [0.25, 0.3) is 5.91 Å². The Morgan fingerprint density at radius 2 is 2.00 bits per heavy atom. The van der Waals surface area contributed by atoms with E-state index in [1.165, 1.54) is 18.3 Å². The molecule has 0 atom stereocenters. The number of carboxylic acids is 1. The number of nitrogens with zero attached hydrogens (tertiary/aromatic N) is 1. The fourth-order valence-electron chi connectivity index (χ4n) is 1.45. The summed E-state index contributed by atoms with van der Waals surface area (Å²) < 4.78 is 0.756. The summed E-state index contributed by atoms with van der Waals surface area (Å²) in [5.74, 6) is -1.15. The lowest BCUT2D eigenvalue weighted by Crippen LogP contribution is -2.14. The number of rotatable bonds is 3. The molecule has 1 aromatic carbocycles. The van der Waals surface area contributed by atoms with Gasteiger partial charge in [0.05, 0.1) is 11.1 Å². The van der Waals surface area contributed by atoms with E-state index in [9.17, 15) is 9.59 Å². The molecule has 5 nitrogen and oxygen atoms in total. The molecule has 2 N–H and O–H groups in total. The molecule has 0 bridgehead atoms. The average Bonchev–Trinajstić information content (AvgIpc) is 2.42. The van der Waals surface area contributed by atoms with Crippen LogP contribution in [-0.2, 0) is 0 Å². The summed E-state index contributed by atoms with van der Waals surface area (Å²) in [5.41, 5.74) is 0.488. The second kappa shape index (κ2) is 6.19. The summed E-state index contributed by atoms with van der Waals surface area (Å²) in [5, 5.41) is 11.8. The van der Waals surface area contributed by atoms with Crippen molar-refractivity contribution in [3.05, 3.63) is 56.2 Å². The summed E-state index contributed by atoms with van der Waals surface area (Å²) in [6.45, 7) is 0. The van der Waals surface area contributed by atoms with Gasteiger partial charge in [-0.3, -0.25) is 4.79 Å². The van der Waals surface area contributed by atoms with E-state index >= 15 is 0 Å². The van der Waals surface area contributed by atoms with Gasteiger partial charge in [0, 0.05) is 14.8 Å².